The van der Waals surface area contributed by atoms with Crippen LogP contribution in [-0.2, 0) is 14.4 Å². The summed E-state index contributed by atoms with van der Waals surface area (Å²) in [7, 11) is 1.64. The lowest BCUT2D eigenvalue weighted by Gasteiger charge is -2.36. The number of piperazine rings is 1. The van der Waals surface area contributed by atoms with Gasteiger partial charge in [-0.15, -0.1) is 0 Å². The molecule has 0 aliphatic carbocycles. The van der Waals surface area contributed by atoms with Crippen LogP contribution in [0, 0.1) is 5.92 Å². The van der Waals surface area contributed by atoms with E-state index in [4.69, 9.17) is 4.74 Å². The van der Waals surface area contributed by atoms with Gasteiger partial charge in [-0.25, -0.2) is 0 Å². The molecule has 32 heavy (non-hydrogen) atoms. The largest absolute Gasteiger partial charge is 0.497 e. The number of nitrogens with zero attached hydrogens (tertiary/aromatic N) is 3. The van der Waals surface area contributed by atoms with Crippen molar-refractivity contribution in [3.8, 4) is 5.75 Å². The van der Waals surface area contributed by atoms with Gasteiger partial charge in [-0.05, 0) is 36.4 Å². The van der Waals surface area contributed by atoms with Crippen LogP contribution >= 0.6 is 0 Å². The number of rotatable bonds is 6. The number of hydrogen-bond acceptors (Lipinski definition) is 5. The Morgan fingerprint density at radius 3 is 2.31 bits per heavy atom. The quantitative estimate of drug-likeness (QED) is 0.743. The molecule has 3 amide bonds. The summed E-state index contributed by atoms with van der Waals surface area (Å²) < 4.78 is 5.20. The minimum atomic E-state index is -0.442. The van der Waals surface area contributed by atoms with E-state index < -0.39 is 5.92 Å². The first-order valence-corrected chi connectivity index (χ1v) is 10.8. The van der Waals surface area contributed by atoms with Crippen molar-refractivity contribution in [1.82, 2.24) is 10.2 Å². The Morgan fingerprint density at radius 2 is 1.66 bits per heavy atom. The van der Waals surface area contributed by atoms with Gasteiger partial charge < -0.3 is 24.8 Å². The maximum atomic E-state index is 12.6. The standard InChI is InChI=1S/C24H28N4O4/c1-32-21-9-7-19(8-10-21)26-11-13-27(14-12-26)23(30)16-25-24(31)18-15-22(29)28(17-18)20-5-3-2-4-6-20/h2-10,18H,11-17H2,1H3,(H,25,31). The molecule has 2 aromatic rings. The van der Waals surface area contributed by atoms with E-state index in [1.54, 1.807) is 16.9 Å². The van der Waals surface area contributed by atoms with Gasteiger partial charge in [-0.3, -0.25) is 14.4 Å². The maximum Gasteiger partial charge on any atom is 0.242 e. The maximum absolute atomic E-state index is 12.6. The van der Waals surface area contributed by atoms with E-state index in [1.165, 1.54) is 0 Å². The fourth-order valence-electron chi connectivity index (χ4n) is 4.17. The average molecular weight is 437 g/mol. The van der Waals surface area contributed by atoms with Crippen molar-refractivity contribution < 1.29 is 19.1 Å². The van der Waals surface area contributed by atoms with Gasteiger partial charge in [-0.2, -0.15) is 0 Å². The van der Waals surface area contributed by atoms with Crippen molar-refractivity contribution in [3.05, 3.63) is 54.6 Å². The third-order valence-electron chi connectivity index (χ3n) is 6.05. The Labute approximate surface area is 187 Å². The molecule has 0 radical (unpaired) electrons. The number of ether oxygens (including phenoxy) is 1. The molecule has 8 heteroatoms. The second-order valence-electron chi connectivity index (χ2n) is 8.02. The van der Waals surface area contributed by atoms with Gasteiger partial charge in [0.05, 0.1) is 19.6 Å². The number of amides is 3. The van der Waals surface area contributed by atoms with E-state index in [9.17, 15) is 14.4 Å². The number of hydrogen-bond donors (Lipinski definition) is 1. The normalized spacial score (nSPS) is 18.6. The van der Waals surface area contributed by atoms with Crippen molar-refractivity contribution in [2.45, 2.75) is 6.42 Å². The Kier molecular flexibility index (Phi) is 6.58. The highest BCUT2D eigenvalue weighted by Crippen LogP contribution is 2.25. The number of anilines is 2. The van der Waals surface area contributed by atoms with Crippen LogP contribution in [0.25, 0.3) is 0 Å². The second kappa shape index (κ2) is 9.72. The number of methoxy groups -OCH3 is 1. The summed E-state index contributed by atoms with van der Waals surface area (Å²) in [5, 5.41) is 2.73. The summed E-state index contributed by atoms with van der Waals surface area (Å²) >= 11 is 0. The molecule has 2 heterocycles. The van der Waals surface area contributed by atoms with E-state index in [-0.39, 0.29) is 30.7 Å². The van der Waals surface area contributed by atoms with E-state index in [0.717, 1.165) is 30.2 Å². The summed E-state index contributed by atoms with van der Waals surface area (Å²) in [4.78, 5) is 43.1. The van der Waals surface area contributed by atoms with E-state index >= 15 is 0 Å². The highest BCUT2D eigenvalue weighted by Gasteiger charge is 2.35. The highest BCUT2D eigenvalue weighted by atomic mass is 16.5. The lowest BCUT2D eigenvalue weighted by Crippen LogP contribution is -2.51. The van der Waals surface area contributed by atoms with Gasteiger partial charge in [0, 0.05) is 50.5 Å². The Bertz CT molecular complexity index is 956. The van der Waals surface area contributed by atoms with Crippen LogP contribution in [0.3, 0.4) is 0 Å². The van der Waals surface area contributed by atoms with Crippen LogP contribution in [0.1, 0.15) is 6.42 Å². The number of nitrogens with one attached hydrogen (secondary N) is 1. The third kappa shape index (κ3) is 4.85. The van der Waals surface area contributed by atoms with Crippen LogP contribution in [0.5, 0.6) is 5.75 Å². The van der Waals surface area contributed by atoms with Crippen LogP contribution in [-0.4, -0.2) is 69.0 Å². The molecule has 2 aliphatic rings. The number of para-hydroxylation sites is 1. The molecule has 1 N–H and O–H groups in total. The molecule has 4 rings (SSSR count). The van der Waals surface area contributed by atoms with Crippen molar-refractivity contribution in [2.75, 3.05) is 56.2 Å². The van der Waals surface area contributed by atoms with Crippen LogP contribution in [0.2, 0.25) is 0 Å². The Balaban J connectivity index is 1.23. The summed E-state index contributed by atoms with van der Waals surface area (Å²) in [6.07, 6.45) is 0.162. The molecule has 2 fully saturated rings. The molecular formula is C24H28N4O4. The molecule has 0 aromatic heterocycles. The van der Waals surface area contributed by atoms with Crippen molar-refractivity contribution in [3.63, 3.8) is 0 Å². The van der Waals surface area contributed by atoms with Crippen LogP contribution in [0.15, 0.2) is 54.6 Å². The smallest absolute Gasteiger partial charge is 0.242 e. The zero-order valence-electron chi connectivity index (χ0n) is 18.2. The molecule has 0 spiro atoms. The average Bonchev–Trinajstić information content (AvgIpc) is 3.24. The molecule has 2 aliphatic heterocycles. The van der Waals surface area contributed by atoms with Gasteiger partial charge in [0.1, 0.15) is 5.75 Å². The van der Waals surface area contributed by atoms with E-state index in [2.05, 4.69) is 10.2 Å². The number of benzene rings is 2. The zero-order chi connectivity index (χ0) is 22.5. The summed E-state index contributed by atoms with van der Waals surface area (Å²) in [6, 6.07) is 17.2. The fraction of sp³-hybridized carbons (Fsp3) is 0.375. The van der Waals surface area contributed by atoms with E-state index in [1.807, 2.05) is 54.6 Å². The summed E-state index contributed by atoms with van der Waals surface area (Å²) in [5.74, 6) is -0.0483. The van der Waals surface area contributed by atoms with Crippen molar-refractivity contribution in [1.29, 1.82) is 0 Å². The lowest BCUT2D eigenvalue weighted by molar-refractivity contribution is -0.134. The molecule has 8 nitrogen and oxygen atoms in total. The zero-order valence-corrected chi connectivity index (χ0v) is 18.2. The summed E-state index contributed by atoms with van der Waals surface area (Å²) in [5.41, 5.74) is 1.89. The second-order valence-corrected chi connectivity index (χ2v) is 8.02. The molecule has 0 saturated carbocycles. The monoisotopic (exact) mass is 436 g/mol. The third-order valence-corrected chi connectivity index (χ3v) is 6.05. The number of carbonyl (C=O) groups excluding carboxylic acids is 3. The first-order chi connectivity index (χ1) is 15.5. The van der Waals surface area contributed by atoms with Crippen LogP contribution < -0.4 is 19.9 Å². The molecule has 1 unspecified atom stereocenters. The van der Waals surface area contributed by atoms with Gasteiger partial charge >= 0.3 is 0 Å². The molecule has 2 saturated heterocycles. The SMILES string of the molecule is COc1ccc(N2CCN(C(=O)CNC(=O)C3CC(=O)N(c4ccccc4)C3)CC2)cc1. The molecule has 0 bridgehead atoms. The predicted molar refractivity (Wildman–Crippen MR) is 122 cm³/mol. The highest BCUT2D eigenvalue weighted by molar-refractivity contribution is 6.00. The van der Waals surface area contributed by atoms with Gasteiger partial charge in [0.25, 0.3) is 0 Å². The van der Waals surface area contributed by atoms with Crippen molar-refractivity contribution >= 4 is 29.1 Å². The molecule has 1 atom stereocenters. The van der Waals surface area contributed by atoms with Gasteiger partial charge in [0.2, 0.25) is 17.7 Å². The fourth-order valence-corrected chi connectivity index (χ4v) is 4.17. The predicted octanol–water partition coefficient (Wildman–Crippen LogP) is 1.51. The molecule has 2 aromatic carbocycles. The first-order valence-electron chi connectivity index (χ1n) is 10.8. The van der Waals surface area contributed by atoms with Gasteiger partial charge in [0.15, 0.2) is 0 Å². The van der Waals surface area contributed by atoms with Crippen molar-refractivity contribution in [2.24, 2.45) is 5.92 Å². The molecule has 168 valence electrons. The lowest BCUT2D eigenvalue weighted by atomic mass is 10.1. The van der Waals surface area contributed by atoms with Crippen LogP contribution in [0.4, 0.5) is 11.4 Å². The van der Waals surface area contributed by atoms with Gasteiger partial charge in [-0.1, -0.05) is 18.2 Å². The van der Waals surface area contributed by atoms with E-state index in [0.29, 0.717) is 19.6 Å². The number of carbonyl (C=O) groups is 3. The Morgan fingerprint density at radius 1 is 0.969 bits per heavy atom. The topological polar surface area (TPSA) is 82.2 Å². The Hall–Kier alpha value is -3.55. The minimum absolute atomic E-state index is 0.0442. The minimum Gasteiger partial charge on any atom is -0.497 e. The molecular weight excluding hydrogens is 408 g/mol. The summed E-state index contributed by atoms with van der Waals surface area (Å²) in [6.45, 7) is 2.96. The first kappa shape index (κ1) is 21.7.